The summed E-state index contributed by atoms with van der Waals surface area (Å²) < 4.78 is 0. The Hall–Kier alpha value is -8.01. The van der Waals surface area contributed by atoms with Gasteiger partial charge in [0.05, 0.1) is 22.7 Å². The van der Waals surface area contributed by atoms with Gasteiger partial charge >= 0.3 is 0 Å². The first-order valence-electron chi connectivity index (χ1n) is 31.9. The van der Waals surface area contributed by atoms with Gasteiger partial charge in [-0.2, -0.15) is 13.5 Å². The fraction of sp³-hybridized carbons (Fsp3) is 0.262. The molecule has 480 valence electrons. The zero-order valence-electron chi connectivity index (χ0n) is 57.0. The number of anilines is 10. The number of hydrogen-bond donors (Lipinski definition) is 5. The summed E-state index contributed by atoms with van der Waals surface area (Å²) in [5.74, 6) is 0. The highest BCUT2D eigenvalue weighted by Crippen LogP contribution is 2.47. The van der Waals surface area contributed by atoms with Crippen LogP contribution in [0.5, 0.6) is 0 Å². The molecule has 0 saturated heterocycles. The number of para-hydroxylation sites is 8. The molecule has 2 aliphatic heterocycles. The molecule has 5 nitrogen and oxygen atoms in total. The predicted octanol–water partition coefficient (Wildman–Crippen LogP) is 26.6. The monoisotopic (exact) mass is 1280 g/mol. The van der Waals surface area contributed by atoms with Crippen molar-refractivity contribution in [1.82, 2.24) is 0 Å². The van der Waals surface area contributed by atoms with E-state index in [1.807, 2.05) is 163 Å². The fourth-order valence-electron chi connectivity index (χ4n) is 11.5. The maximum atomic E-state index is 3.84. The summed E-state index contributed by atoms with van der Waals surface area (Å²) in [5, 5.41) is 17.0. The molecule has 5 N–H and O–H groups in total. The Bertz CT molecular complexity index is 3540. The van der Waals surface area contributed by atoms with E-state index in [9.17, 15) is 0 Å². The second kappa shape index (κ2) is 34.6. The van der Waals surface area contributed by atoms with Gasteiger partial charge in [-0.25, -0.2) is 0 Å². The van der Waals surface area contributed by atoms with Gasteiger partial charge in [-0.1, -0.05) is 265 Å². The van der Waals surface area contributed by atoms with Gasteiger partial charge in [0.1, 0.15) is 0 Å². The van der Waals surface area contributed by atoms with Crippen LogP contribution in [-0.4, -0.2) is 0 Å². The largest absolute Gasteiger partial charge is 0.356 e. The van der Waals surface area contributed by atoms with E-state index in [4.69, 9.17) is 0 Å². The summed E-state index contributed by atoms with van der Waals surface area (Å²) in [6, 6.07) is 91.9. The Morgan fingerprint density at radius 1 is 0.315 bits per heavy atom. The summed E-state index contributed by atoms with van der Waals surface area (Å²) >= 11 is 3.69. The van der Waals surface area contributed by atoms with Gasteiger partial charge in [0.25, 0.3) is 0 Å². The van der Waals surface area contributed by atoms with Gasteiger partial charge in [0.15, 0.2) is 0 Å². The SMILES string of the molecule is C=C(C)CC(C)(C)C.CC(C)(C)CC(C)(C)c1ccc(Nc2ccccc2)cc1.CC(C)(C)CC(C)(C)c1ccc2c(c1)Sc1ccccc1N2.S.c1ccc(Nc2ccccc2)cc1.c1ccc(Nc2ccccc2)cc1.c1ccc2c(c1)Nc1ccccc1S2. The molecular weight excluding hydrogens is 1180 g/mol. The van der Waals surface area contributed by atoms with Crippen LogP contribution in [0.2, 0.25) is 0 Å². The first kappa shape index (κ1) is 73.0. The lowest BCUT2D eigenvalue weighted by molar-refractivity contribution is 0.283. The van der Waals surface area contributed by atoms with Crippen LogP contribution in [0.1, 0.15) is 127 Å². The quantitative estimate of drug-likeness (QED) is 0.0828. The van der Waals surface area contributed by atoms with Crippen LogP contribution in [0.4, 0.5) is 56.9 Å². The van der Waals surface area contributed by atoms with Crippen molar-refractivity contribution in [3.05, 3.63) is 290 Å². The van der Waals surface area contributed by atoms with Crippen LogP contribution in [-0.2, 0) is 10.8 Å². The second-order valence-corrected chi connectivity index (χ2v) is 30.5. The number of hydrogen-bond acceptors (Lipinski definition) is 7. The summed E-state index contributed by atoms with van der Waals surface area (Å²) in [5.41, 5.74) is 17.2. The third-order valence-corrected chi connectivity index (χ3v) is 16.9. The van der Waals surface area contributed by atoms with Crippen molar-refractivity contribution in [1.29, 1.82) is 0 Å². The van der Waals surface area contributed by atoms with Gasteiger partial charge in [-0.15, -0.1) is 6.58 Å². The van der Waals surface area contributed by atoms with Gasteiger partial charge in [-0.05, 0) is 186 Å². The highest BCUT2D eigenvalue weighted by molar-refractivity contribution is 8.00. The molecule has 0 atom stereocenters. The van der Waals surface area contributed by atoms with E-state index in [0.717, 1.165) is 40.5 Å². The normalized spacial score (nSPS) is 11.8. The first-order valence-corrected chi connectivity index (χ1v) is 33.5. The molecule has 0 aromatic heterocycles. The van der Waals surface area contributed by atoms with Crippen LogP contribution in [0.25, 0.3) is 0 Å². The zero-order valence-corrected chi connectivity index (χ0v) is 59.7. The molecule has 10 aromatic carbocycles. The first-order chi connectivity index (χ1) is 43.3. The molecule has 0 unspecified atom stereocenters. The maximum Gasteiger partial charge on any atom is 0.0526 e. The molecular formula is C84H101N5S3. The van der Waals surface area contributed by atoms with Crippen LogP contribution < -0.4 is 26.6 Å². The fourth-order valence-corrected chi connectivity index (χ4v) is 13.5. The minimum absolute atomic E-state index is 0. The Kier molecular flexibility index (Phi) is 27.5. The molecule has 0 amide bonds. The van der Waals surface area contributed by atoms with E-state index in [0.29, 0.717) is 16.2 Å². The smallest absolute Gasteiger partial charge is 0.0526 e. The van der Waals surface area contributed by atoms with Crippen LogP contribution >= 0.6 is 37.0 Å². The van der Waals surface area contributed by atoms with Gasteiger partial charge in [0, 0.05) is 53.7 Å². The molecule has 92 heavy (non-hydrogen) atoms. The van der Waals surface area contributed by atoms with Crippen molar-refractivity contribution < 1.29 is 0 Å². The minimum Gasteiger partial charge on any atom is -0.356 e. The number of allylic oxidation sites excluding steroid dienone is 1. The van der Waals surface area contributed by atoms with E-state index < -0.39 is 0 Å². The predicted molar refractivity (Wildman–Crippen MR) is 413 cm³/mol. The summed E-state index contributed by atoms with van der Waals surface area (Å²) in [6.07, 6.45) is 3.48. The van der Waals surface area contributed by atoms with Crippen molar-refractivity contribution >= 4 is 93.9 Å². The summed E-state index contributed by atoms with van der Waals surface area (Å²) in [7, 11) is 0. The highest BCUT2D eigenvalue weighted by atomic mass is 32.2. The van der Waals surface area contributed by atoms with Crippen molar-refractivity contribution in [2.75, 3.05) is 26.6 Å². The number of benzene rings is 10. The standard InChI is InChI=1S/C20H25NS.C20H27N.C12H9NS.2C12H11N.C8H16.H2S/c1-19(2,3)13-20(4,5)14-10-11-16-18(12-14)22-17-9-7-6-8-15(17)21-16;1-19(2,3)15-20(4,5)16-11-13-18(14-12-16)21-17-9-7-6-8-10-17;1-3-7-11-9(5-1)13-10-6-2-4-8-12(10)14-11;2*1-3-7-11(8-4-1)13-12-9-5-2-6-10-12;1-7(2)6-8(3,4)5;/h6-12,21H,13H2,1-5H3;6-14,21H,15H2,1-5H3;1-8,13H;2*1-10,13H;1,6H2,2-5H3;1H2. The van der Waals surface area contributed by atoms with Gasteiger partial charge in [0.2, 0.25) is 0 Å². The topological polar surface area (TPSA) is 60.1 Å². The van der Waals surface area contributed by atoms with Gasteiger partial charge < -0.3 is 26.6 Å². The van der Waals surface area contributed by atoms with E-state index >= 15 is 0 Å². The van der Waals surface area contributed by atoms with Crippen molar-refractivity contribution in [2.24, 2.45) is 16.2 Å². The molecule has 0 fully saturated rings. The number of rotatable bonds is 11. The molecule has 2 heterocycles. The lowest BCUT2D eigenvalue weighted by Gasteiger charge is -2.34. The van der Waals surface area contributed by atoms with E-state index in [1.54, 1.807) is 0 Å². The number of nitrogens with one attached hydrogen (secondary N) is 5. The van der Waals surface area contributed by atoms with Crippen LogP contribution in [0.3, 0.4) is 0 Å². The van der Waals surface area contributed by atoms with Crippen molar-refractivity contribution in [3.63, 3.8) is 0 Å². The third-order valence-electron chi connectivity index (χ3n) is 14.6. The zero-order chi connectivity index (χ0) is 65.5. The van der Waals surface area contributed by atoms with Crippen LogP contribution in [0.15, 0.2) is 299 Å². The molecule has 0 aliphatic carbocycles. The van der Waals surface area contributed by atoms with Crippen molar-refractivity contribution in [3.8, 4) is 0 Å². The second-order valence-electron chi connectivity index (χ2n) is 28.4. The van der Waals surface area contributed by atoms with Crippen molar-refractivity contribution in [2.45, 2.75) is 147 Å². The molecule has 8 heteroatoms. The highest BCUT2D eigenvalue weighted by Gasteiger charge is 2.29. The molecule has 12 rings (SSSR count). The number of fused-ring (bicyclic) bond motifs is 4. The lowest BCUT2D eigenvalue weighted by Crippen LogP contribution is -2.25. The van der Waals surface area contributed by atoms with Crippen LogP contribution in [0, 0.1) is 16.2 Å². The molecule has 0 saturated carbocycles. The lowest BCUT2D eigenvalue weighted by atomic mass is 9.72. The summed E-state index contributed by atoms with van der Waals surface area (Å²) in [4.78, 5) is 5.23. The molecule has 0 bridgehead atoms. The Labute approximate surface area is 569 Å². The average Bonchev–Trinajstić information content (AvgIpc) is 0.810. The third kappa shape index (κ3) is 25.6. The molecule has 0 spiro atoms. The molecule has 0 radical (unpaired) electrons. The molecule has 2 aliphatic rings. The average molecular weight is 1280 g/mol. The van der Waals surface area contributed by atoms with E-state index in [-0.39, 0.29) is 24.3 Å². The van der Waals surface area contributed by atoms with E-state index in [1.165, 1.54) is 71.9 Å². The Morgan fingerprint density at radius 2 is 0.576 bits per heavy atom. The Balaban J connectivity index is 0.000000180. The maximum absolute atomic E-state index is 3.84. The summed E-state index contributed by atoms with van der Waals surface area (Å²) in [6.45, 7) is 35.8. The van der Waals surface area contributed by atoms with E-state index in [2.05, 4.69) is 257 Å². The van der Waals surface area contributed by atoms with Gasteiger partial charge in [-0.3, -0.25) is 0 Å². The minimum atomic E-state index is 0. The Morgan fingerprint density at radius 3 is 0.870 bits per heavy atom. The molecule has 10 aromatic rings.